The molecule has 1 aromatic heterocycles. The molecule has 20 heavy (non-hydrogen) atoms. The Kier molecular flexibility index (Phi) is 2.52. The molecular formula is C17H17N3. The minimum Gasteiger partial charge on any atom is -0.364 e. The summed E-state index contributed by atoms with van der Waals surface area (Å²) in [5.74, 6) is 0. The summed E-state index contributed by atoms with van der Waals surface area (Å²) in [6.07, 6.45) is 2.98. The molecular weight excluding hydrogens is 246 g/mol. The Morgan fingerprint density at radius 2 is 2.10 bits per heavy atom. The van der Waals surface area contributed by atoms with Gasteiger partial charge in [-0.1, -0.05) is 24.3 Å². The summed E-state index contributed by atoms with van der Waals surface area (Å²) in [4.78, 5) is 2.47. The highest BCUT2D eigenvalue weighted by atomic mass is 15.2. The van der Waals surface area contributed by atoms with Crippen molar-refractivity contribution in [3.05, 3.63) is 59.8 Å². The molecule has 2 aromatic carbocycles. The molecule has 2 heterocycles. The molecule has 0 saturated carbocycles. The molecule has 0 amide bonds. The SMILES string of the molecule is CC1c2ccccc2CCN1c1ccc2cn[nH]c2c1. The van der Waals surface area contributed by atoms with Gasteiger partial charge in [0, 0.05) is 17.6 Å². The first-order chi connectivity index (χ1) is 9.83. The van der Waals surface area contributed by atoms with Crippen molar-refractivity contribution in [2.75, 3.05) is 11.4 Å². The molecule has 1 unspecified atom stereocenters. The van der Waals surface area contributed by atoms with Crippen molar-refractivity contribution in [1.29, 1.82) is 0 Å². The summed E-state index contributed by atoms with van der Waals surface area (Å²) in [6, 6.07) is 15.7. The Labute approximate surface area is 118 Å². The molecule has 0 bridgehead atoms. The maximum Gasteiger partial charge on any atom is 0.0670 e. The number of aromatic nitrogens is 2. The molecule has 0 aliphatic carbocycles. The van der Waals surface area contributed by atoms with E-state index >= 15 is 0 Å². The molecule has 4 rings (SSSR count). The first-order valence-corrected chi connectivity index (χ1v) is 7.10. The average Bonchev–Trinajstić information content (AvgIpc) is 2.95. The monoisotopic (exact) mass is 263 g/mol. The third-order valence-corrected chi connectivity index (χ3v) is 4.35. The van der Waals surface area contributed by atoms with Crippen molar-refractivity contribution in [2.45, 2.75) is 19.4 Å². The number of H-pyrrole nitrogens is 1. The van der Waals surface area contributed by atoms with Crippen LogP contribution in [0.3, 0.4) is 0 Å². The number of hydrogen-bond donors (Lipinski definition) is 1. The van der Waals surface area contributed by atoms with Crippen molar-refractivity contribution >= 4 is 16.6 Å². The number of anilines is 1. The lowest BCUT2D eigenvalue weighted by Gasteiger charge is -2.37. The van der Waals surface area contributed by atoms with Gasteiger partial charge in [0.2, 0.25) is 0 Å². The van der Waals surface area contributed by atoms with Gasteiger partial charge in [0.15, 0.2) is 0 Å². The number of rotatable bonds is 1. The third kappa shape index (κ3) is 1.70. The lowest BCUT2D eigenvalue weighted by Crippen LogP contribution is -2.33. The van der Waals surface area contributed by atoms with Crippen LogP contribution in [0.1, 0.15) is 24.1 Å². The van der Waals surface area contributed by atoms with Gasteiger partial charge in [-0.15, -0.1) is 0 Å². The maximum absolute atomic E-state index is 4.10. The van der Waals surface area contributed by atoms with Crippen LogP contribution in [0.2, 0.25) is 0 Å². The highest BCUT2D eigenvalue weighted by Gasteiger charge is 2.23. The average molecular weight is 263 g/mol. The molecule has 1 aliphatic heterocycles. The summed E-state index contributed by atoms with van der Waals surface area (Å²) >= 11 is 0. The summed E-state index contributed by atoms with van der Waals surface area (Å²) in [5, 5.41) is 8.32. The first kappa shape index (κ1) is 11.5. The van der Waals surface area contributed by atoms with Crippen molar-refractivity contribution in [3.8, 4) is 0 Å². The maximum atomic E-state index is 4.10. The van der Waals surface area contributed by atoms with E-state index in [1.807, 2.05) is 6.20 Å². The smallest absolute Gasteiger partial charge is 0.0670 e. The Bertz CT molecular complexity index is 760. The third-order valence-electron chi connectivity index (χ3n) is 4.35. The zero-order valence-electron chi connectivity index (χ0n) is 11.5. The number of nitrogens with zero attached hydrogens (tertiary/aromatic N) is 2. The van der Waals surface area contributed by atoms with Gasteiger partial charge in [-0.05, 0) is 42.7 Å². The molecule has 3 nitrogen and oxygen atoms in total. The fourth-order valence-corrected chi connectivity index (χ4v) is 3.23. The summed E-state index contributed by atoms with van der Waals surface area (Å²) in [7, 11) is 0. The first-order valence-electron chi connectivity index (χ1n) is 7.10. The lowest BCUT2D eigenvalue weighted by molar-refractivity contribution is 0.625. The van der Waals surface area contributed by atoms with Crippen LogP contribution >= 0.6 is 0 Å². The van der Waals surface area contributed by atoms with E-state index in [2.05, 4.69) is 64.5 Å². The van der Waals surface area contributed by atoms with Crippen LogP contribution < -0.4 is 4.90 Å². The Hall–Kier alpha value is -2.29. The standard InChI is InChI=1S/C17H17N3/c1-12-16-5-3-2-4-13(16)8-9-20(12)15-7-6-14-11-18-19-17(14)10-15/h2-7,10-12H,8-9H2,1H3,(H,18,19). The van der Waals surface area contributed by atoms with Crippen LogP contribution in [0.25, 0.3) is 10.9 Å². The van der Waals surface area contributed by atoms with Gasteiger partial charge in [0.1, 0.15) is 0 Å². The van der Waals surface area contributed by atoms with Gasteiger partial charge in [0.25, 0.3) is 0 Å². The van der Waals surface area contributed by atoms with Crippen molar-refractivity contribution < 1.29 is 0 Å². The Morgan fingerprint density at radius 3 is 3.05 bits per heavy atom. The fourth-order valence-electron chi connectivity index (χ4n) is 3.23. The van der Waals surface area contributed by atoms with Crippen molar-refractivity contribution in [1.82, 2.24) is 10.2 Å². The van der Waals surface area contributed by atoms with E-state index in [4.69, 9.17) is 0 Å². The fraction of sp³-hybridized carbons (Fsp3) is 0.235. The Balaban J connectivity index is 1.76. The second-order valence-corrected chi connectivity index (χ2v) is 5.46. The molecule has 0 radical (unpaired) electrons. The van der Waals surface area contributed by atoms with E-state index in [-0.39, 0.29) is 0 Å². The highest BCUT2D eigenvalue weighted by Crippen LogP contribution is 2.34. The van der Waals surface area contributed by atoms with Crippen LogP contribution in [-0.2, 0) is 6.42 Å². The molecule has 0 spiro atoms. The number of benzene rings is 2. The molecule has 3 aromatic rings. The number of aromatic amines is 1. The second kappa shape index (κ2) is 4.37. The lowest BCUT2D eigenvalue weighted by atomic mass is 9.93. The topological polar surface area (TPSA) is 31.9 Å². The molecule has 0 fully saturated rings. The summed E-state index contributed by atoms with van der Waals surface area (Å²) in [6.45, 7) is 3.35. The minimum absolute atomic E-state index is 0.417. The second-order valence-electron chi connectivity index (χ2n) is 5.46. The summed E-state index contributed by atoms with van der Waals surface area (Å²) in [5.41, 5.74) is 5.31. The van der Waals surface area contributed by atoms with Crippen molar-refractivity contribution in [3.63, 3.8) is 0 Å². The van der Waals surface area contributed by atoms with E-state index < -0.39 is 0 Å². The highest BCUT2D eigenvalue weighted by molar-refractivity contribution is 5.82. The van der Waals surface area contributed by atoms with Gasteiger partial charge in [-0.3, -0.25) is 5.10 Å². The van der Waals surface area contributed by atoms with Gasteiger partial charge >= 0.3 is 0 Å². The zero-order chi connectivity index (χ0) is 13.5. The summed E-state index contributed by atoms with van der Waals surface area (Å²) < 4.78 is 0. The molecule has 0 saturated heterocycles. The van der Waals surface area contributed by atoms with Gasteiger partial charge < -0.3 is 4.90 Å². The number of nitrogens with one attached hydrogen (secondary N) is 1. The predicted octanol–water partition coefficient (Wildman–Crippen LogP) is 3.69. The normalized spacial score (nSPS) is 18.2. The van der Waals surface area contributed by atoms with E-state index in [1.165, 1.54) is 22.2 Å². The largest absolute Gasteiger partial charge is 0.364 e. The van der Waals surface area contributed by atoms with Crippen LogP contribution in [0.5, 0.6) is 0 Å². The Morgan fingerprint density at radius 1 is 1.20 bits per heavy atom. The van der Waals surface area contributed by atoms with E-state index in [1.54, 1.807) is 0 Å². The number of hydrogen-bond acceptors (Lipinski definition) is 2. The minimum atomic E-state index is 0.417. The quantitative estimate of drug-likeness (QED) is 0.726. The van der Waals surface area contributed by atoms with Crippen LogP contribution in [-0.4, -0.2) is 16.7 Å². The van der Waals surface area contributed by atoms with Crippen LogP contribution in [0.4, 0.5) is 5.69 Å². The molecule has 1 N–H and O–H groups in total. The van der Waals surface area contributed by atoms with Crippen LogP contribution in [0.15, 0.2) is 48.7 Å². The van der Waals surface area contributed by atoms with E-state index in [0.29, 0.717) is 6.04 Å². The zero-order valence-corrected chi connectivity index (χ0v) is 11.5. The van der Waals surface area contributed by atoms with E-state index in [0.717, 1.165) is 18.5 Å². The van der Waals surface area contributed by atoms with Gasteiger partial charge in [-0.2, -0.15) is 5.10 Å². The molecule has 1 aliphatic rings. The molecule has 3 heteroatoms. The molecule has 1 atom stereocenters. The van der Waals surface area contributed by atoms with E-state index in [9.17, 15) is 0 Å². The van der Waals surface area contributed by atoms with Crippen LogP contribution in [0, 0.1) is 0 Å². The van der Waals surface area contributed by atoms with Crippen molar-refractivity contribution in [2.24, 2.45) is 0 Å². The van der Waals surface area contributed by atoms with Gasteiger partial charge in [-0.25, -0.2) is 0 Å². The molecule has 100 valence electrons. The van der Waals surface area contributed by atoms with Gasteiger partial charge in [0.05, 0.1) is 17.8 Å². The predicted molar refractivity (Wildman–Crippen MR) is 82.0 cm³/mol. The number of fused-ring (bicyclic) bond motifs is 2.